The van der Waals surface area contributed by atoms with Crippen molar-refractivity contribution in [2.45, 2.75) is 12.8 Å². The van der Waals surface area contributed by atoms with Crippen LogP contribution < -0.4 is 0 Å². The molecule has 1 aliphatic rings. The molecule has 1 radical (unpaired) electrons. The summed E-state index contributed by atoms with van der Waals surface area (Å²) in [7, 11) is 0. The lowest BCUT2D eigenvalue weighted by atomic mass is 10.2. The first-order valence-electron chi connectivity index (χ1n) is 3.22. The fourth-order valence-corrected chi connectivity index (χ4v) is 0.923. The smallest absolute Gasteiger partial charge is 0.0305 e. The highest BCUT2D eigenvalue weighted by Crippen LogP contribution is 2.37. The minimum atomic E-state index is 1.28. The van der Waals surface area contributed by atoms with Gasteiger partial charge in [-0.25, -0.2) is 0 Å². The molecular formula is C8H8N. The second kappa shape index (κ2) is 1.83. The molecule has 1 saturated carbocycles. The molecule has 1 heterocycles. The number of hydrogen-bond acceptors (Lipinski definition) is 1. The second-order valence-electron chi connectivity index (χ2n) is 2.35. The molecule has 1 nitrogen and oxygen atoms in total. The van der Waals surface area contributed by atoms with Crippen molar-refractivity contribution in [1.82, 2.24) is 4.98 Å². The first-order valence-corrected chi connectivity index (χ1v) is 3.22. The zero-order valence-electron chi connectivity index (χ0n) is 5.17. The summed E-state index contributed by atoms with van der Waals surface area (Å²) in [6, 6.07) is 4.11. The average molecular weight is 118 g/mol. The summed E-state index contributed by atoms with van der Waals surface area (Å²) >= 11 is 0. The van der Waals surface area contributed by atoms with Crippen LogP contribution in [0.1, 0.15) is 18.4 Å². The van der Waals surface area contributed by atoms with Gasteiger partial charge in [0.1, 0.15) is 0 Å². The van der Waals surface area contributed by atoms with Crippen LogP contribution in [0.3, 0.4) is 0 Å². The molecule has 1 heteroatoms. The van der Waals surface area contributed by atoms with Crippen molar-refractivity contribution in [3.8, 4) is 0 Å². The Balaban J connectivity index is 2.29. The van der Waals surface area contributed by atoms with Gasteiger partial charge in [-0.3, -0.25) is 4.98 Å². The Bertz CT molecular complexity index is 189. The molecule has 1 aliphatic carbocycles. The van der Waals surface area contributed by atoms with E-state index in [0.717, 1.165) is 0 Å². The van der Waals surface area contributed by atoms with Crippen molar-refractivity contribution >= 4 is 0 Å². The van der Waals surface area contributed by atoms with Gasteiger partial charge in [-0.1, -0.05) is 6.07 Å². The number of hydrogen-bond donors (Lipinski definition) is 0. The lowest BCUT2D eigenvalue weighted by Crippen LogP contribution is -1.78. The Kier molecular flexibility index (Phi) is 1.01. The van der Waals surface area contributed by atoms with Gasteiger partial charge in [0.25, 0.3) is 0 Å². The van der Waals surface area contributed by atoms with E-state index in [9.17, 15) is 0 Å². The van der Waals surface area contributed by atoms with Crippen molar-refractivity contribution in [2.75, 3.05) is 0 Å². The number of rotatable bonds is 1. The molecule has 0 bridgehead atoms. The van der Waals surface area contributed by atoms with E-state index in [1.807, 2.05) is 18.5 Å². The van der Waals surface area contributed by atoms with Gasteiger partial charge >= 0.3 is 0 Å². The molecule has 1 fully saturated rings. The molecule has 0 aromatic carbocycles. The number of pyridine rings is 1. The molecular weight excluding hydrogens is 110 g/mol. The molecule has 0 amide bonds. The fourth-order valence-electron chi connectivity index (χ4n) is 0.923. The maximum absolute atomic E-state index is 4.03. The van der Waals surface area contributed by atoms with Crippen LogP contribution >= 0.6 is 0 Å². The largest absolute Gasteiger partial charge is 0.264 e. The van der Waals surface area contributed by atoms with Crippen LogP contribution in [0.4, 0.5) is 0 Å². The third-order valence-corrected chi connectivity index (χ3v) is 1.57. The average Bonchev–Trinajstić information content (AvgIpc) is 2.71. The monoisotopic (exact) mass is 118 g/mol. The van der Waals surface area contributed by atoms with E-state index in [0.29, 0.717) is 0 Å². The van der Waals surface area contributed by atoms with Crippen LogP contribution in [0, 0.1) is 5.92 Å². The fraction of sp³-hybridized carbons (Fsp3) is 0.250. The summed E-state index contributed by atoms with van der Waals surface area (Å²) < 4.78 is 0. The van der Waals surface area contributed by atoms with E-state index in [1.165, 1.54) is 18.4 Å². The third-order valence-electron chi connectivity index (χ3n) is 1.57. The third kappa shape index (κ3) is 0.947. The van der Waals surface area contributed by atoms with E-state index in [1.54, 1.807) is 5.92 Å². The zero-order chi connectivity index (χ0) is 6.10. The van der Waals surface area contributed by atoms with E-state index in [-0.39, 0.29) is 0 Å². The van der Waals surface area contributed by atoms with E-state index < -0.39 is 0 Å². The van der Waals surface area contributed by atoms with Gasteiger partial charge in [-0.15, -0.1) is 0 Å². The van der Waals surface area contributed by atoms with E-state index in [2.05, 4.69) is 11.1 Å². The predicted octanol–water partition coefficient (Wildman–Crippen LogP) is 1.80. The SMILES string of the molecule is c1cncc([C]2CC2)c1. The summed E-state index contributed by atoms with van der Waals surface area (Å²) in [4.78, 5) is 4.03. The van der Waals surface area contributed by atoms with E-state index in [4.69, 9.17) is 0 Å². The van der Waals surface area contributed by atoms with Gasteiger partial charge in [-0.05, 0) is 24.5 Å². The molecule has 0 aliphatic heterocycles. The van der Waals surface area contributed by atoms with Gasteiger partial charge in [0, 0.05) is 18.3 Å². The van der Waals surface area contributed by atoms with Gasteiger partial charge in [0.15, 0.2) is 0 Å². The summed E-state index contributed by atoms with van der Waals surface area (Å²) in [5.41, 5.74) is 1.33. The molecule has 1 aromatic rings. The highest BCUT2D eigenvalue weighted by Gasteiger charge is 2.23. The normalized spacial score (nSPS) is 17.8. The second-order valence-corrected chi connectivity index (χ2v) is 2.35. The Morgan fingerprint density at radius 3 is 2.78 bits per heavy atom. The van der Waals surface area contributed by atoms with Crippen LogP contribution in [0.25, 0.3) is 0 Å². The van der Waals surface area contributed by atoms with Crippen LogP contribution in [0.15, 0.2) is 24.5 Å². The topological polar surface area (TPSA) is 12.9 Å². The van der Waals surface area contributed by atoms with Crippen LogP contribution in [-0.4, -0.2) is 4.98 Å². The first kappa shape index (κ1) is 4.98. The molecule has 0 atom stereocenters. The lowest BCUT2D eigenvalue weighted by Gasteiger charge is -1.90. The van der Waals surface area contributed by atoms with Gasteiger partial charge in [0.2, 0.25) is 0 Å². The molecule has 9 heavy (non-hydrogen) atoms. The molecule has 45 valence electrons. The highest BCUT2D eigenvalue weighted by molar-refractivity contribution is 5.34. The van der Waals surface area contributed by atoms with Crippen molar-refractivity contribution in [2.24, 2.45) is 0 Å². The minimum absolute atomic E-state index is 1.28. The predicted molar refractivity (Wildman–Crippen MR) is 35.8 cm³/mol. The Labute approximate surface area is 54.7 Å². The molecule has 2 rings (SSSR count). The van der Waals surface area contributed by atoms with Crippen molar-refractivity contribution < 1.29 is 0 Å². The molecule has 0 unspecified atom stereocenters. The maximum Gasteiger partial charge on any atom is 0.0305 e. The van der Waals surface area contributed by atoms with Gasteiger partial charge in [-0.2, -0.15) is 0 Å². The van der Waals surface area contributed by atoms with Crippen molar-refractivity contribution in [3.05, 3.63) is 36.0 Å². The van der Waals surface area contributed by atoms with Gasteiger partial charge < -0.3 is 0 Å². The lowest BCUT2D eigenvalue weighted by molar-refractivity contribution is 1.26. The summed E-state index contributed by atoms with van der Waals surface area (Å²) in [6.07, 6.45) is 6.31. The molecule has 1 aromatic heterocycles. The molecule has 0 spiro atoms. The quantitative estimate of drug-likeness (QED) is 0.548. The molecule has 0 saturated heterocycles. The van der Waals surface area contributed by atoms with Crippen molar-refractivity contribution in [3.63, 3.8) is 0 Å². The Morgan fingerprint density at radius 2 is 2.22 bits per heavy atom. The van der Waals surface area contributed by atoms with Crippen molar-refractivity contribution in [1.29, 1.82) is 0 Å². The standard InChI is InChI=1S/C8H8N/c1-2-8(6-9-5-1)7-3-4-7/h1-2,5-6H,3-4H2. The molecule has 0 N–H and O–H groups in total. The Morgan fingerprint density at radius 1 is 1.33 bits per heavy atom. The van der Waals surface area contributed by atoms with Crippen LogP contribution in [0.2, 0.25) is 0 Å². The van der Waals surface area contributed by atoms with E-state index >= 15 is 0 Å². The number of nitrogens with zero attached hydrogens (tertiary/aromatic N) is 1. The first-order chi connectivity index (χ1) is 4.47. The van der Waals surface area contributed by atoms with Gasteiger partial charge in [0.05, 0.1) is 0 Å². The summed E-state index contributed by atoms with van der Waals surface area (Å²) in [5.74, 6) is 1.56. The number of aromatic nitrogens is 1. The minimum Gasteiger partial charge on any atom is -0.264 e. The highest BCUT2D eigenvalue weighted by atomic mass is 14.6. The van der Waals surface area contributed by atoms with Crippen LogP contribution in [-0.2, 0) is 0 Å². The summed E-state index contributed by atoms with van der Waals surface area (Å²) in [5, 5.41) is 0. The maximum atomic E-state index is 4.03. The Hall–Kier alpha value is -0.850. The zero-order valence-corrected chi connectivity index (χ0v) is 5.17. The summed E-state index contributed by atoms with van der Waals surface area (Å²) in [6.45, 7) is 0. The van der Waals surface area contributed by atoms with Crippen LogP contribution in [0.5, 0.6) is 0 Å².